The summed E-state index contributed by atoms with van der Waals surface area (Å²) in [6.07, 6.45) is 4.88. The van der Waals surface area contributed by atoms with Gasteiger partial charge in [0.2, 0.25) is 0 Å². The van der Waals surface area contributed by atoms with E-state index in [-0.39, 0.29) is 61.9 Å². The van der Waals surface area contributed by atoms with Gasteiger partial charge in [0, 0.05) is 47.6 Å². The highest BCUT2D eigenvalue weighted by atomic mass is 32.1. The smallest absolute Gasteiger partial charge is 0.412 e. The first-order valence-electron chi connectivity index (χ1n) is 15.9. The highest BCUT2D eigenvalue weighted by Crippen LogP contribution is 2.48. The highest BCUT2D eigenvalue weighted by Gasteiger charge is 2.45. The van der Waals surface area contributed by atoms with E-state index in [4.69, 9.17) is 14.2 Å². The van der Waals surface area contributed by atoms with E-state index >= 15 is 8.78 Å². The fraction of sp³-hybridized carbons (Fsp3) is 0.429. The number of nitrogens with one attached hydrogen (secondary N) is 1. The molecule has 4 aromatic rings. The number of aromatic nitrogens is 2. The van der Waals surface area contributed by atoms with Crippen molar-refractivity contribution in [2.24, 2.45) is 5.41 Å². The van der Waals surface area contributed by atoms with Crippen LogP contribution in [0.15, 0.2) is 30.2 Å². The van der Waals surface area contributed by atoms with E-state index in [1.54, 1.807) is 27.0 Å². The van der Waals surface area contributed by atoms with Gasteiger partial charge >= 0.3 is 12.1 Å². The molecule has 1 amide bonds. The molecule has 13 heteroatoms. The third-order valence-electron chi connectivity index (χ3n) is 9.14. The first kappa shape index (κ1) is 32.3. The van der Waals surface area contributed by atoms with Crippen LogP contribution in [0.2, 0.25) is 0 Å². The third-order valence-corrected chi connectivity index (χ3v) is 10.3. The number of halogens is 3. The minimum absolute atomic E-state index is 0.00499. The molecule has 2 aromatic heterocycles. The Kier molecular flexibility index (Phi) is 8.30. The van der Waals surface area contributed by atoms with E-state index in [0.717, 1.165) is 68.6 Å². The number of hydrogen-bond acceptors (Lipinski definition) is 9. The van der Waals surface area contributed by atoms with Crippen LogP contribution in [0.5, 0.6) is 6.01 Å². The lowest BCUT2D eigenvalue weighted by molar-refractivity contribution is 0.0636. The summed E-state index contributed by atoms with van der Waals surface area (Å²) in [5, 5.41) is 13.5. The summed E-state index contributed by atoms with van der Waals surface area (Å²) >= 11 is 0.880. The Labute approximate surface area is 279 Å². The Bertz CT molecular complexity index is 2020. The average molecular weight is 678 g/mol. The number of likely N-dealkylation sites (tertiary alicyclic amines) is 1. The second-order valence-electron chi connectivity index (χ2n) is 13.7. The van der Waals surface area contributed by atoms with Gasteiger partial charge in [-0.2, -0.15) is 10.2 Å². The number of benzene rings is 2. The number of thiophene rings is 1. The zero-order valence-corrected chi connectivity index (χ0v) is 27.7. The minimum atomic E-state index is -0.797. The van der Waals surface area contributed by atoms with Crippen molar-refractivity contribution in [1.82, 2.24) is 14.9 Å². The lowest BCUT2D eigenvalue weighted by Crippen LogP contribution is -2.37. The molecule has 1 aliphatic carbocycles. The Hall–Kier alpha value is -4.25. The van der Waals surface area contributed by atoms with Crippen molar-refractivity contribution in [2.75, 3.05) is 31.6 Å². The van der Waals surface area contributed by atoms with Gasteiger partial charge in [0.05, 0.1) is 36.4 Å². The number of hydrogen-bond donors (Lipinski definition) is 1. The highest BCUT2D eigenvalue weighted by molar-refractivity contribution is 7.23. The fourth-order valence-corrected chi connectivity index (χ4v) is 7.61. The number of amides is 1. The molecule has 0 atom stereocenters. The van der Waals surface area contributed by atoms with E-state index in [9.17, 15) is 14.4 Å². The number of carbonyl (C=O) groups is 1. The van der Waals surface area contributed by atoms with Gasteiger partial charge in [-0.1, -0.05) is 6.07 Å². The van der Waals surface area contributed by atoms with Crippen LogP contribution < -0.4 is 10.1 Å². The first-order chi connectivity index (χ1) is 23.0. The topological polar surface area (TPSA) is 110 Å². The monoisotopic (exact) mass is 677 g/mol. The largest absolute Gasteiger partial charge is 0.463 e. The molecule has 0 spiro atoms. The maximum atomic E-state index is 16.8. The molecule has 2 fully saturated rings. The SMILES string of the molecule is CC(C)(C)OC(=O)Nc1sc2c(F)ccc(-c3c4c(c5cnc(OCC6(CN7CCC(=CF)CC7)CC6)nc5c3F)COC4)c2c1C#N. The van der Waals surface area contributed by atoms with Crippen LogP contribution in [0.25, 0.3) is 32.1 Å². The zero-order valence-electron chi connectivity index (χ0n) is 26.8. The van der Waals surface area contributed by atoms with Gasteiger partial charge in [-0.3, -0.25) is 5.32 Å². The van der Waals surface area contributed by atoms with Crippen LogP contribution in [0.1, 0.15) is 63.1 Å². The Morgan fingerprint density at radius 3 is 2.65 bits per heavy atom. The molecule has 2 aromatic carbocycles. The van der Waals surface area contributed by atoms with Crippen LogP contribution in [-0.4, -0.2) is 52.8 Å². The molecule has 7 rings (SSSR count). The summed E-state index contributed by atoms with van der Waals surface area (Å²) in [6.45, 7) is 8.22. The molecule has 48 heavy (non-hydrogen) atoms. The molecule has 0 radical (unpaired) electrons. The lowest BCUT2D eigenvalue weighted by Gasteiger charge is -2.31. The standard InChI is InChI=1S/C35H34F3N5O4S/c1-34(2,3)47-33(44)42-31-21(13-39)27-20(4-5-25(37)30(27)48-31)26-24-16-45-15-23(24)22-14-40-32(41-29(22)28(26)38)46-18-35(8-9-35)17-43-10-6-19(12-36)7-11-43/h4-5,12,14H,6-11,15-18H2,1-3H3,(H,42,44). The van der Waals surface area contributed by atoms with Crippen molar-refractivity contribution < 1.29 is 32.2 Å². The normalized spacial score (nSPS) is 17.3. The van der Waals surface area contributed by atoms with Crippen LogP contribution >= 0.6 is 11.3 Å². The molecule has 9 nitrogen and oxygen atoms in total. The number of nitrogens with zero attached hydrogens (tertiary/aromatic N) is 4. The van der Waals surface area contributed by atoms with Gasteiger partial charge in [-0.25, -0.2) is 22.9 Å². The summed E-state index contributed by atoms with van der Waals surface area (Å²) in [4.78, 5) is 23.9. The van der Waals surface area contributed by atoms with Gasteiger partial charge in [-0.05, 0) is 74.8 Å². The molecule has 1 N–H and O–H groups in total. The van der Waals surface area contributed by atoms with E-state index < -0.39 is 23.3 Å². The Morgan fingerprint density at radius 1 is 1.21 bits per heavy atom. The summed E-state index contributed by atoms with van der Waals surface area (Å²) in [6, 6.07) is 4.78. The Balaban J connectivity index is 1.24. The van der Waals surface area contributed by atoms with Crippen LogP contribution in [0, 0.1) is 28.4 Å². The van der Waals surface area contributed by atoms with E-state index in [1.807, 2.05) is 0 Å². The predicted molar refractivity (Wildman–Crippen MR) is 175 cm³/mol. The molecule has 250 valence electrons. The first-order valence-corrected chi connectivity index (χ1v) is 16.7. The van der Waals surface area contributed by atoms with Crippen molar-refractivity contribution in [1.29, 1.82) is 5.26 Å². The summed E-state index contributed by atoms with van der Waals surface area (Å²) in [5.74, 6) is -1.28. The molecule has 3 aliphatic rings. The van der Waals surface area contributed by atoms with E-state index in [2.05, 4.69) is 26.3 Å². The molecule has 1 saturated heterocycles. The van der Waals surface area contributed by atoms with Crippen molar-refractivity contribution in [3.05, 3.63) is 58.6 Å². The minimum Gasteiger partial charge on any atom is -0.463 e. The average Bonchev–Trinajstić information content (AvgIpc) is 3.45. The molecule has 4 heterocycles. The summed E-state index contributed by atoms with van der Waals surface area (Å²) in [7, 11) is 0. The van der Waals surface area contributed by atoms with Crippen LogP contribution in [0.4, 0.5) is 23.0 Å². The molecular formula is C35H34F3N5O4S. The summed E-state index contributed by atoms with van der Waals surface area (Å²) in [5.41, 5.74) is 1.71. The van der Waals surface area contributed by atoms with Gasteiger partial charge in [0.15, 0.2) is 5.82 Å². The number of ether oxygens (including phenoxy) is 3. The number of nitriles is 1. The van der Waals surface area contributed by atoms with Gasteiger partial charge in [0.1, 0.15) is 28.0 Å². The van der Waals surface area contributed by atoms with Gasteiger partial charge in [0.25, 0.3) is 0 Å². The number of fused-ring (bicyclic) bond motifs is 4. The number of carbonyl (C=O) groups excluding carboxylic acids is 1. The third kappa shape index (κ3) is 6.08. The zero-order chi connectivity index (χ0) is 33.8. The van der Waals surface area contributed by atoms with Crippen LogP contribution in [0.3, 0.4) is 0 Å². The van der Waals surface area contributed by atoms with Crippen molar-refractivity contribution in [2.45, 2.75) is 65.3 Å². The number of rotatable bonds is 7. The van der Waals surface area contributed by atoms with Crippen molar-refractivity contribution in [3.63, 3.8) is 0 Å². The fourth-order valence-electron chi connectivity index (χ4n) is 6.54. The summed E-state index contributed by atoms with van der Waals surface area (Å²) < 4.78 is 62.3. The maximum absolute atomic E-state index is 16.8. The van der Waals surface area contributed by atoms with E-state index in [0.29, 0.717) is 23.1 Å². The molecular weight excluding hydrogens is 643 g/mol. The lowest BCUT2D eigenvalue weighted by atomic mass is 9.91. The van der Waals surface area contributed by atoms with Gasteiger partial charge < -0.3 is 19.1 Å². The maximum Gasteiger partial charge on any atom is 0.412 e. The molecule has 2 aliphatic heterocycles. The number of piperidine rings is 1. The second kappa shape index (κ2) is 12.3. The van der Waals surface area contributed by atoms with Crippen molar-refractivity contribution >= 4 is 43.4 Å². The predicted octanol–water partition coefficient (Wildman–Crippen LogP) is 8.15. The van der Waals surface area contributed by atoms with Gasteiger partial charge in [-0.15, -0.1) is 11.3 Å². The Morgan fingerprint density at radius 2 is 1.96 bits per heavy atom. The van der Waals surface area contributed by atoms with Crippen molar-refractivity contribution in [3.8, 4) is 23.2 Å². The quantitative estimate of drug-likeness (QED) is 0.209. The molecule has 0 bridgehead atoms. The molecule has 0 unspecified atom stereocenters. The molecule has 1 saturated carbocycles. The van der Waals surface area contributed by atoms with Crippen LogP contribution in [-0.2, 0) is 22.7 Å². The van der Waals surface area contributed by atoms with E-state index in [1.165, 1.54) is 12.1 Å². The number of anilines is 1. The second-order valence-corrected chi connectivity index (χ2v) is 14.8.